The molecule has 0 saturated heterocycles. The van der Waals surface area contributed by atoms with E-state index in [0.717, 1.165) is 5.75 Å². The molecule has 0 fully saturated rings. The van der Waals surface area contributed by atoms with Crippen LogP contribution in [0.1, 0.15) is 12.8 Å². The van der Waals surface area contributed by atoms with Crippen LogP contribution in [0.2, 0.25) is 0 Å². The lowest BCUT2D eigenvalue weighted by atomic mass is 10.1. The largest absolute Gasteiger partial charge is 0.492 e. The highest BCUT2D eigenvalue weighted by Gasteiger charge is 2.17. The molecule has 1 aliphatic rings. The molecule has 6 heteroatoms. The molecule has 1 aromatic carbocycles. The average molecular weight is 261 g/mol. The van der Waals surface area contributed by atoms with Gasteiger partial charge >= 0.3 is 0 Å². The second-order valence-electron chi connectivity index (χ2n) is 4.01. The first-order valence-corrected chi connectivity index (χ1v) is 6.07. The Morgan fingerprint density at radius 1 is 1.32 bits per heavy atom. The Hall–Kier alpha value is -2.37. The van der Waals surface area contributed by atoms with Gasteiger partial charge in [0.05, 0.1) is 6.54 Å². The first-order chi connectivity index (χ1) is 9.25. The third kappa shape index (κ3) is 4.09. The summed E-state index contributed by atoms with van der Waals surface area (Å²) in [5.74, 6) is 0.333. The first-order valence-electron chi connectivity index (χ1n) is 6.07. The number of hydrazone groups is 1. The van der Waals surface area contributed by atoms with Crippen molar-refractivity contribution in [1.29, 1.82) is 0 Å². The first kappa shape index (κ1) is 13.1. The van der Waals surface area contributed by atoms with E-state index in [4.69, 9.17) is 4.74 Å². The van der Waals surface area contributed by atoms with Gasteiger partial charge in [-0.05, 0) is 12.1 Å². The van der Waals surface area contributed by atoms with Crippen LogP contribution in [-0.2, 0) is 9.59 Å². The fourth-order valence-corrected chi connectivity index (χ4v) is 1.59. The number of carbonyl (C=O) groups excluding carboxylic acids is 2. The average Bonchev–Trinajstić information content (AvgIpc) is 2.45. The van der Waals surface area contributed by atoms with E-state index in [1.165, 1.54) is 0 Å². The number of para-hydroxylation sites is 1. The molecule has 1 aliphatic heterocycles. The lowest BCUT2D eigenvalue weighted by Gasteiger charge is -2.12. The van der Waals surface area contributed by atoms with Crippen molar-refractivity contribution in [3.8, 4) is 5.75 Å². The minimum atomic E-state index is -0.267. The van der Waals surface area contributed by atoms with E-state index in [1.54, 1.807) is 0 Å². The zero-order valence-corrected chi connectivity index (χ0v) is 10.4. The second kappa shape index (κ2) is 6.53. The quantitative estimate of drug-likeness (QED) is 0.755. The molecule has 2 rings (SSSR count). The summed E-state index contributed by atoms with van der Waals surface area (Å²) in [6.45, 7) is 0.774. The number of ether oxygens (including phenoxy) is 1. The molecule has 0 spiro atoms. The van der Waals surface area contributed by atoms with E-state index in [1.807, 2.05) is 30.3 Å². The maximum Gasteiger partial charge on any atom is 0.267 e. The van der Waals surface area contributed by atoms with Gasteiger partial charge in [-0.2, -0.15) is 5.10 Å². The summed E-state index contributed by atoms with van der Waals surface area (Å²) in [5, 5.41) is 6.40. The van der Waals surface area contributed by atoms with Gasteiger partial charge in [0.2, 0.25) is 5.91 Å². The Kier molecular flexibility index (Phi) is 4.49. The molecule has 2 amide bonds. The van der Waals surface area contributed by atoms with Crippen LogP contribution in [0.3, 0.4) is 0 Å². The molecule has 19 heavy (non-hydrogen) atoms. The van der Waals surface area contributed by atoms with E-state index in [2.05, 4.69) is 15.8 Å². The minimum Gasteiger partial charge on any atom is -0.492 e. The number of hydrogen-bond acceptors (Lipinski definition) is 4. The highest BCUT2D eigenvalue weighted by molar-refractivity contribution is 6.39. The van der Waals surface area contributed by atoms with Crippen LogP contribution in [0.5, 0.6) is 5.75 Å². The van der Waals surface area contributed by atoms with Crippen molar-refractivity contribution in [3.63, 3.8) is 0 Å². The number of rotatable bonds is 5. The summed E-state index contributed by atoms with van der Waals surface area (Å²) in [7, 11) is 0. The Morgan fingerprint density at radius 3 is 2.79 bits per heavy atom. The molecule has 0 atom stereocenters. The molecule has 6 nitrogen and oxygen atoms in total. The summed E-state index contributed by atoms with van der Waals surface area (Å²) in [6, 6.07) is 9.37. The summed E-state index contributed by atoms with van der Waals surface area (Å²) in [4.78, 5) is 22.5. The maximum atomic E-state index is 11.7. The van der Waals surface area contributed by atoms with Gasteiger partial charge in [-0.3, -0.25) is 9.59 Å². The third-order valence-corrected chi connectivity index (χ3v) is 2.57. The Labute approximate surface area is 110 Å². The van der Waals surface area contributed by atoms with Gasteiger partial charge in [0.1, 0.15) is 18.1 Å². The molecule has 0 aromatic heterocycles. The molecule has 0 bridgehead atoms. The Balaban J connectivity index is 1.68. The fourth-order valence-electron chi connectivity index (χ4n) is 1.59. The van der Waals surface area contributed by atoms with Gasteiger partial charge < -0.3 is 10.1 Å². The van der Waals surface area contributed by atoms with Crippen LogP contribution in [0, 0.1) is 0 Å². The van der Waals surface area contributed by atoms with E-state index < -0.39 is 0 Å². The van der Waals surface area contributed by atoms with E-state index in [9.17, 15) is 9.59 Å². The van der Waals surface area contributed by atoms with Crippen LogP contribution in [-0.4, -0.2) is 30.7 Å². The van der Waals surface area contributed by atoms with E-state index in [-0.39, 0.29) is 11.8 Å². The van der Waals surface area contributed by atoms with Crippen LogP contribution < -0.4 is 15.5 Å². The van der Waals surface area contributed by atoms with Crippen molar-refractivity contribution in [1.82, 2.24) is 10.7 Å². The number of carbonyl (C=O) groups is 2. The third-order valence-electron chi connectivity index (χ3n) is 2.57. The normalized spacial score (nSPS) is 14.3. The van der Waals surface area contributed by atoms with Gasteiger partial charge in [-0.25, -0.2) is 5.43 Å². The van der Waals surface area contributed by atoms with E-state index >= 15 is 0 Å². The van der Waals surface area contributed by atoms with Gasteiger partial charge in [0.15, 0.2) is 0 Å². The van der Waals surface area contributed by atoms with Crippen molar-refractivity contribution in [2.24, 2.45) is 5.10 Å². The zero-order chi connectivity index (χ0) is 13.5. The predicted molar refractivity (Wildman–Crippen MR) is 69.8 cm³/mol. The van der Waals surface area contributed by atoms with Gasteiger partial charge in [0, 0.05) is 12.8 Å². The summed E-state index contributed by atoms with van der Waals surface area (Å²) < 4.78 is 5.44. The van der Waals surface area contributed by atoms with Crippen molar-refractivity contribution >= 4 is 17.5 Å². The van der Waals surface area contributed by atoms with Crippen molar-refractivity contribution in [2.45, 2.75) is 12.8 Å². The molecule has 1 heterocycles. The maximum absolute atomic E-state index is 11.7. The highest BCUT2D eigenvalue weighted by Crippen LogP contribution is 2.07. The minimum absolute atomic E-state index is 0.163. The molecule has 2 N–H and O–H groups in total. The molecule has 0 saturated carbocycles. The lowest BCUT2D eigenvalue weighted by molar-refractivity contribution is -0.121. The fraction of sp³-hybridized carbons (Fsp3) is 0.308. The smallest absolute Gasteiger partial charge is 0.267 e. The van der Waals surface area contributed by atoms with Crippen LogP contribution in [0.4, 0.5) is 0 Å². The molecule has 1 aromatic rings. The van der Waals surface area contributed by atoms with Crippen molar-refractivity contribution < 1.29 is 14.3 Å². The van der Waals surface area contributed by atoms with Crippen LogP contribution >= 0.6 is 0 Å². The molecule has 0 radical (unpaired) electrons. The summed E-state index contributed by atoms with van der Waals surface area (Å²) >= 11 is 0. The van der Waals surface area contributed by atoms with Gasteiger partial charge in [-0.1, -0.05) is 18.2 Å². The second-order valence-corrected chi connectivity index (χ2v) is 4.01. The summed E-state index contributed by atoms with van der Waals surface area (Å²) in [6.07, 6.45) is 0.671. The van der Waals surface area contributed by atoms with E-state index in [0.29, 0.717) is 31.7 Å². The van der Waals surface area contributed by atoms with Crippen molar-refractivity contribution in [2.75, 3.05) is 13.2 Å². The number of nitrogens with one attached hydrogen (secondary N) is 2. The van der Waals surface area contributed by atoms with Crippen molar-refractivity contribution in [3.05, 3.63) is 30.3 Å². The number of hydrogen-bond donors (Lipinski definition) is 2. The lowest BCUT2D eigenvalue weighted by Crippen LogP contribution is -2.38. The summed E-state index contributed by atoms with van der Waals surface area (Å²) in [5.41, 5.74) is 2.63. The molecular formula is C13H15N3O3. The Bertz CT molecular complexity index is 485. The zero-order valence-electron chi connectivity index (χ0n) is 10.4. The standard InChI is InChI=1S/C13H15N3O3/c17-12-7-6-11(15-16-12)13(18)14-8-9-19-10-4-2-1-3-5-10/h1-5H,6-9H2,(H,14,18)(H,16,17). The monoisotopic (exact) mass is 261 g/mol. The molecule has 0 aliphatic carbocycles. The molecular weight excluding hydrogens is 246 g/mol. The molecule has 100 valence electrons. The Morgan fingerprint density at radius 2 is 2.11 bits per heavy atom. The van der Waals surface area contributed by atoms with Crippen LogP contribution in [0.25, 0.3) is 0 Å². The highest BCUT2D eigenvalue weighted by atomic mass is 16.5. The van der Waals surface area contributed by atoms with Gasteiger partial charge in [-0.15, -0.1) is 0 Å². The number of amides is 2. The SMILES string of the molecule is O=C1CCC(C(=O)NCCOc2ccccc2)=NN1. The number of nitrogens with zero attached hydrogens (tertiary/aromatic N) is 1. The van der Waals surface area contributed by atoms with Crippen LogP contribution in [0.15, 0.2) is 35.4 Å². The predicted octanol–water partition coefficient (Wildman–Crippen LogP) is 0.448. The molecule has 0 unspecified atom stereocenters. The topological polar surface area (TPSA) is 79.8 Å². The number of benzene rings is 1. The van der Waals surface area contributed by atoms with Gasteiger partial charge in [0.25, 0.3) is 5.91 Å².